The molecule has 2 aliphatic rings. The second-order valence-electron chi connectivity index (χ2n) is 9.65. The Morgan fingerprint density at radius 3 is 1.61 bits per heavy atom. The average Bonchev–Trinajstić information content (AvgIpc) is 3.49. The maximum atomic E-state index is 6.16. The average molecular weight is 477 g/mol. The summed E-state index contributed by atoms with van der Waals surface area (Å²) in [6.45, 7) is 5.88. The molecule has 2 heteroatoms. The molecule has 0 spiro atoms. The highest BCUT2D eigenvalue weighted by molar-refractivity contribution is 5.80. The summed E-state index contributed by atoms with van der Waals surface area (Å²) in [7, 11) is 0. The summed E-state index contributed by atoms with van der Waals surface area (Å²) in [5, 5.41) is 0. The van der Waals surface area contributed by atoms with Crippen molar-refractivity contribution in [1.82, 2.24) is 0 Å². The number of unbranched alkanes of at least 4 members (excludes halogenated alkanes) is 2. The molecule has 36 heavy (non-hydrogen) atoms. The zero-order valence-electron chi connectivity index (χ0n) is 21.6. The minimum atomic E-state index is 0.756. The second-order valence-corrected chi connectivity index (χ2v) is 9.65. The summed E-state index contributed by atoms with van der Waals surface area (Å²) in [4.78, 5) is 0. The fraction of sp³-hybridized carbons (Fsp3) is 0.294. The minimum Gasteiger partial charge on any atom is -0.490 e. The molecule has 0 N–H and O–H groups in total. The van der Waals surface area contributed by atoms with Crippen LogP contribution in [0, 0.1) is 0 Å². The number of hydrogen-bond donors (Lipinski definition) is 0. The van der Waals surface area contributed by atoms with E-state index in [1.54, 1.807) is 0 Å². The Kier molecular flexibility index (Phi) is 7.71. The molecule has 0 saturated carbocycles. The van der Waals surface area contributed by atoms with Gasteiger partial charge in [-0.1, -0.05) is 106 Å². The highest BCUT2D eigenvalue weighted by Gasteiger charge is 2.24. The van der Waals surface area contributed by atoms with Crippen LogP contribution in [0.2, 0.25) is 0 Å². The Hall–Kier alpha value is -3.52. The first kappa shape index (κ1) is 24.2. The third-order valence-corrected chi connectivity index (χ3v) is 7.10. The minimum absolute atomic E-state index is 0.756. The zero-order chi connectivity index (χ0) is 24.7. The molecule has 4 aromatic rings. The normalized spacial score (nSPS) is 12.1. The molecule has 2 aliphatic carbocycles. The van der Waals surface area contributed by atoms with Gasteiger partial charge in [-0.3, -0.25) is 0 Å². The monoisotopic (exact) mass is 476 g/mol. The van der Waals surface area contributed by atoms with Crippen molar-refractivity contribution in [2.45, 2.75) is 52.4 Å². The summed E-state index contributed by atoms with van der Waals surface area (Å²) in [5.74, 6) is 1.87. The highest BCUT2D eigenvalue weighted by atomic mass is 16.5. The van der Waals surface area contributed by atoms with Gasteiger partial charge in [0, 0.05) is 12.0 Å². The fourth-order valence-electron chi connectivity index (χ4n) is 5.16. The van der Waals surface area contributed by atoms with E-state index in [1.807, 2.05) is 0 Å². The number of benzene rings is 4. The van der Waals surface area contributed by atoms with Crippen molar-refractivity contribution in [1.29, 1.82) is 0 Å². The standard InChI is InChI=1S/C21H26O2.C13H10/c1-3-5-13-22-20-12-11-18-17-10-8-7-9-16(17)15-19(18)21(20)23-14-6-4-2;1-3-7-12-10(5-1)9-11-6-2-4-8-13(11)12/h7-12H,3-6,13-15H2,1-2H3;1-8H,9H2. The summed E-state index contributed by atoms with van der Waals surface area (Å²) >= 11 is 0. The first-order chi connectivity index (χ1) is 17.8. The van der Waals surface area contributed by atoms with E-state index in [-0.39, 0.29) is 0 Å². The quantitative estimate of drug-likeness (QED) is 0.204. The molecule has 4 aromatic carbocycles. The largest absolute Gasteiger partial charge is 0.490 e. The molecule has 0 fully saturated rings. The van der Waals surface area contributed by atoms with E-state index in [0.717, 1.165) is 63.2 Å². The van der Waals surface area contributed by atoms with E-state index >= 15 is 0 Å². The highest BCUT2D eigenvalue weighted by Crippen LogP contribution is 2.45. The van der Waals surface area contributed by atoms with Gasteiger partial charge in [0.1, 0.15) is 0 Å². The van der Waals surface area contributed by atoms with Crippen LogP contribution in [0.15, 0.2) is 84.9 Å². The Balaban J connectivity index is 0.000000172. The molecule has 2 nitrogen and oxygen atoms in total. The summed E-state index contributed by atoms with van der Waals surface area (Å²) in [5.41, 5.74) is 11.1. The molecular formula is C34H36O2. The second kappa shape index (κ2) is 11.5. The third kappa shape index (κ3) is 5.04. The molecule has 0 amide bonds. The van der Waals surface area contributed by atoms with Crippen molar-refractivity contribution in [3.8, 4) is 33.8 Å². The van der Waals surface area contributed by atoms with Crippen LogP contribution in [-0.2, 0) is 12.8 Å². The van der Waals surface area contributed by atoms with Gasteiger partial charge < -0.3 is 9.47 Å². The molecule has 0 unspecified atom stereocenters. The molecule has 184 valence electrons. The number of ether oxygens (including phenoxy) is 2. The van der Waals surface area contributed by atoms with Gasteiger partial charge in [-0.05, 0) is 64.3 Å². The smallest absolute Gasteiger partial charge is 0.165 e. The van der Waals surface area contributed by atoms with E-state index in [9.17, 15) is 0 Å². The van der Waals surface area contributed by atoms with E-state index in [0.29, 0.717) is 0 Å². The molecule has 0 atom stereocenters. The van der Waals surface area contributed by atoms with Crippen molar-refractivity contribution in [2.24, 2.45) is 0 Å². The van der Waals surface area contributed by atoms with E-state index in [1.165, 1.54) is 44.5 Å². The van der Waals surface area contributed by atoms with Gasteiger partial charge in [-0.2, -0.15) is 0 Å². The van der Waals surface area contributed by atoms with Crippen LogP contribution in [0.3, 0.4) is 0 Å². The Morgan fingerprint density at radius 1 is 0.528 bits per heavy atom. The van der Waals surface area contributed by atoms with Gasteiger partial charge in [-0.25, -0.2) is 0 Å². The van der Waals surface area contributed by atoms with Gasteiger partial charge in [0.05, 0.1) is 13.2 Å². The van der Waals surface area contributed by atoms with Gasteiger partial charge in [0.2, 0.25) is 0 Å². The molecule has 6 rings (SSSR count). The molecule has 0 saturated heterocycles. The first-order valence-corrected chi connectivity index (χ1v) is 13.5. The van der Waals surface area contributed by atoms with Crippen LogP contribution in [-0.4, -0.2) is 13.2 Å². The van der Waals surface area contributed by atoms with Crippen LogP contribution in [0.5, 0.6) is 11.5 Å². The topological polar surface area (TPSA) is 18.5 Å². The van der Waals surface area contributed by atoms with Crippen molar-refractivity contribution in [3.63, 3.8) is 0 Å². The fourth-order valence-corrected chi connectivity index (χ4v) is 5.16. The summed E-state index contributed by atoms with van der Waals surface area (Å²) in [6.07, 6.45) is 6.48. The maximum Gasteiger partial charge on any atom is 0.165 e. The first-order valence-electron chi connectivity index (χ1n) is 13.5. The third-order valence-electron chi connectivity index (χ3n) is 7.10. The van der Waals surface area contributed by atoms with E-state index < -0.39 is 0 Å². The number of hydrogen-bond acceptors (Lipinski definition) is 2. The van der Waals surface area contributed by atoms with Crippen LogP contribution >= 0.6 is 0 Å². The summed E-state index contributed by atoms with van der Waals surface area (Å²) < 4.78 is 12.2. The Bertz CT molecular complexity index is 1280. The van der Waals surface area contributed by atoms with Crippen LogP contribution in [0.4, 0.5) is 0 Å². The number of rotatable bonds is 8. The molecule has 0 bridgehead atoms. The van der Waals surface area contributed by atoms with Crippen molar-refractivity contribution < 1.29 is 9.47 Å². The van der Waals surface area contributed by atoms with Gasteiger partial charge in [-0.15, -0.1) is 0 Å². The molecule has 0 aliphatic heterocycles. The molecule has 0 aromatic heterocycles. The predicted octanol–water partition coefficient (Wildman–Crippen LogP) is 8.87. The summed E-state index contributed by atoms with van der Waals surface area (Å²) in [6, 6.07) is 30.2. The SMILES string of the molecule is CCCCOc1ccc2c(c1OCCCC)Cc1ccccc1-2.c1ccc2c(c1)Cc1ccccc1-2. The van der Waals surface area contributed by atoms with E-state index in [2.05, 4.69) is 98.8 Å². The zero-order valence-corrected chi connectivity index (χ0v) is 21.6. The predicted molar refractivity (Wildman–Crippen MR) is 150 cm³/mol. The Labute approximate surface area is 215 Å². The van der Waals surface area contributed by atoms with Crippen molar-refractivity contribution in [2.75, 3.05) is 13.2 Å². The molecule has 0 heterocycles. The van der Waals surface area contributed by atoms with Gasteiger partial charge >= 0.3 is 0 Å². The van der Waals surface area contributed by atoms with Crippen molar-refractivity contribution in [3.05, 3.63) is 107 Å². The molecule has 0 radical (unpaired) electrons. The van der Waals surface area contributed by atoms with Crippen LogP contribution in [0.1, 0.15) is 61.8 Å². The van der Waals surface area contributed by atoms with Gasteiger partial charge in [0.15, 0.2) is 11.5 Å². The lowest BCUT2D eigenvalue weighted by Gasteiger charge is -2.16. The lowest BCUT2D eigenvalue weighted by molar-refractivity contribution is 0.260. The Morgan fingerprint density at radius 2 is 1.03 bits per heavy atom. The van der Waals surface area contributed by atoms with Crippen LogP contribution in [0.25, 0.3) is 22.3 Å². The lowest BCUT2D eigenvalue weighted by atomic mass is 10.1. The van der Waals surface area contributed by atoms with Crippen molar-refractivity contribution >= 4 is 0 Å². The van der Waals surface area contributed by atoms with Crippen LogP contribution < -0.4 is 9.47 Å². The van der Waals surface area contributed by atoms with Gasteiger partial charge in [0.25, 0.3) is 0 Å². The van der Waals surface area contributed by atoms with E-state index in [4.69, 9.17) is 9.47 Å². The maximum absolute atomic E-state index is 6.16. The lowest BCUT2D eigenvalue weighted by Crippen LogP contribution is -2.04. The number of fused-ring (bicyclic) bond motifs is 6. The molecular weight excluding hydrogens is 440 g/mol.